The molecular formula is C14H15N5O5. The Morgan fingerprint density at radius 3 is 2.92 bits per heavy atom. The number of hydrogen-bond donors (Lipinski definition) is 2. The number of phenolic OH excluding ortho intramolecular Hbond substituents is 1. The number of nitrogens with zero attached hydrogens (tertiary/aromatic N) is 4. The Hall–Kier alpha value is -3.43. The summed E-state index contributed by atoms with van der Waals surface area (Å²) in [6.45, 7) is 1.78. The summed E-state index contributed by atoms with van der Waals surface area (Å²) in [4.78, 5) is 22.0. The van der Waals surface area contributed by atoms with Gasteiger partial charge in [-0.1, -0.05) is 0 Å². The van der Waals surface area contributed by atoms with Crippen molar-refractivity contribution in [3.05, 3.63) is 45.8 Å². The number of benzene rings is 1. The Balaban J connectivity index is 2.11. The summed E-state index contributed by atoms with van der Waals surface area (Å²) in [5, 5.41) is 28.5. The van der Waals surface area contributed by atoms with Crippen LogP contribution in [0.5, 0.6) is 11.5 Å². The first-order valence-electron chi connectivity index (χ1n) is 6.78. The van der Waals surface area contributed by atoms with Crippen LogP contribution in [-0.2, 0) is 11.3 Å². The van der Waals surface area contributed by atoms with Gasteiger partial charge in [-0.2, -0.15) is 10.2 Å². The number of aromatic hydroxyl groups is 1. The summed E-state index contributed by atoms with van der Waals surface area (Å²) in [6, 6.07) is 3.96. The molecule has 0 saturated carbocycles. The van der Waals surface area contributed by atoms with Crippen LogP contribution in [0.1, 0.15) is 11.3 Å². The maximum absolute atomic E-state index is 11.8. The van der Waals surface area contributed by atoms with Gasteiger partial charge in [-0.05, 0) is 13.0 Å². The number of aryl methyl sites for hydroxylation is 1. The summed E-state index contributed by atoms with van der Waals surface area (Å²) in [6.07, 6.45) is 2.66. The minimum atomic E-state index is -0.627. The van der Waals surface area contributed by atoms with Crippen molar-refractivity contribution in [3.63, 3.8) is 0 Å². The molecule has 10 nitrogen and oxygen atoms in total. The average molecular weight is 333 g/mol. The second-order valence-corrected chi connectivity index (χ2v) is 4.77. The molecular weight excluding hydrogens is 318 g/mol. The Morgan fingerprint density at radius 1 is 1.58 bits per heavy atom. The number of ether oxygens (including phenoxy) is 1. The molecule has 0 fully saturated rings. The molecule has 0 saturated heterocycles. The van der Waals surface area contributed by atoms with E-state index in [9.17, 15) is 20.0 Å². The van der Waals surface area contributed by atoms with Crippen molar-refractivity contribution in [3.8, 4) is 11.5 Å². The number of nitro groups is 1. The highest BCUT2D eigenvalue weighted by molar-refractivity contribution is 5.87. The van der Waals surface area contributed by atoms with Crippen molar-refractivity contribution >= 4 is 17.8 Å². The molecule has 0 aliphatic rings. The lowest BCUT2D eigenvalue weighted by Crippen LogP contribution is -2.24. The number of nitrogens with one attached hydrogen (secondary N) is 1. The predicted molar refractivity (Wildman–Crippen MR) is 84.0 cm³/mol. The number of phenols is 1. The fourth-order valence-corrected chi connectivity index (χ4v) is 1.88. The van der Waals surface area contributed by atoms with Gasteiger partial charge >= 0.3 is 0 Å². The van der Waals surface area contributed by atoms with E-state index >= 15 is 0 Å². The molecule has 0 aliphatic carbocycles. The van der Waals surface area contributed by atoms with E-state index < -0.39 is 10.8 Å². The van der Waals surface area contributed by atoms with Gasteiger partial charge in [0.15, 0.2) is 11.5 Å². The Bertz CT molecular complexity index is 799. The van der Waals surface area contributed by atoms with Crippen LogP contribution in [0.2, 0.25) is 0 Å². The zero-order valence-corrected chi connectivity index (χ0v) is 13.0. The molecule has 1 heterocycles. The summed E-state index contributed by atoms with van der Waals surface area (Å²) in [7, 11) is 1.27. The fourth-order valence-electron chi connectivity index (χ4n) is 1.88. The van der Waals surface area contributed by atoms with Gasteiger partial charge in [0.05, 0.1) is 24.3 Å². The highest BCUT2D eigenvalue weighted by Crippen LogP contribution is 2.33. The number of methoxy groups -OCH3 is 1. The molecule has 24 heavy (non-hydrogen) atoms. The number of hydrazone groups is 1. The topological polar surface area (TPSA) is 132 Å². The minimum absolute atomic E-state index is 0.0274. The molecule has 1 aromatic heterocycles. The van der Waals surface area contributed by atoms with E-state index in [4.69, 9.17) is 4.74 Å². The van der Waals surface area contributed by atoms with E-state index in [1.807, 2.05) is 0 Å². The summed E-state index contributed by atoms with van der Waals surface area (Å²) in [5.74, 6) is -0.817. The number of carbonyl (C=O) groups excluding carboxylic acids is 1. The Kier molecular flexibility index (Phi) is 5.09. The number of nitro benzene ring substituents is 1. The molecule has 0 aliphatic heterocycles. The zero-order valence-electron chi connectivity index (χ0n) is 13.0. The van der Waals surface area contributed by atoms with Crippen LogP contribution in [-0.4, -0.2) is 39.0 Å². The molecule has 126 valence electrons. The largest absolute Gasteiger partial charge is 0.504 e. The van der Waals surface area contributed by atoms with Crippen LogP contribution in [0, 0.1) is 17.0 Å². The van der Waals surface area contributed by atoms with Gasteiger partial charge in [0.2, 0.25) is 0 Å². The quantitative estimate of drug-likeness (QED) is 0.460. The van der Waals surface area contributed by atoms with Crippen LogP contribution >= 0.6 is 0 Å². The first-order chi connectivity index (χ1) is 11.4. The lowest BCUT2D eigenvalue weighted by atomic mass is 10.2. The Labute approximate surface area is 136 Å². The lowest BCUT2D eigenvalue weighted by Gasteiger charge is -2.06. The highest BCUT2D eigenvalue weighted by Gasteiger charge is 2.15. The number of non-ortho nitro benzene ring substituents is 1. The van der Waals surface area contributed by atoms with Gasteiger partial charge in [0.25, 0.3) is 11.6 Å². The van der Waals surface area contributed by atoms with Crippen molar-refractivity contribution in [2.75, 3.05) is 7.11 Å². The van der Waals surface area contributed by atoms with E-state index in [2.05, 4.69) is 15.6 Å². The molecule has 0 spiro atoms. The van der Waals surface area contributed by atoms with Crippen molar-refractivity contribution < 1.29 is 19.6 Å². The van der Waals surface area contributed by atoms with Crippen molar-refractivity contribution in [1.82, 2.24) is 15.2 Å². The Morgan fingerprint density at radius 2 is 2.33 bits per heavy atom. The van der Waals surface area contributed by atoms with Crippen LogP contribution in [0.4, 0.5) is 5.69 Å². The third kappa shape index (κ3) is 3.85. The number of rotatable bonds is 6. The van der Waals surface area contributed by atoms with E-state index in [1.54, 1.807) is 19.2 Å². The molecule has 10 heteroatoms. The van der Waals surface area contributed by atoms with E-state index in [0.29, 0.717) is 0 Å². The number of amides is 1. The third-order valence-corrected chi connectivity index (χ3v) is 3.14. The van der Waals surface area contributed by atoms with Crippen LogP contribution in [0.3, 0.4) is 0 Å². The van der Waals surface area contributed by atoms with Gasteiger partial charge in [0.1, 0.15) is 6.54 Å². The monoisotopic (exact) mass is 333 g/mol. The van der Waals surface area contributed by atoms with E-state index in [-0.39, 0.29) is 29.3 Å². The second-order valence-electron chi connectivity index (χ2n) is 4.77. The number of carbonyl (C=O) groups is 1. The van der Waals surface area contributed by atoms with Gasteiger partial charge in [0, 0.05) is 23.5 Å². The minimum Gasteiger partial charge on any atom is -0.504 e. The van der Waals surface area contributed by atoms with Gasteiger partial charge in [-0.15, -0.1) is 0 Å². The third-order valence-electron chi connectivity index (χ3n) is 3.14. The van der Waals surface area contributed by atoms with Crippen molar-refractivity contribution in [2.45, 2.75) is 13.5 Å². The zero-order chi connectivity index (χ0) is 17.7. The second kappa shape index (κ2) is 7.22. The molecule has 1 amide bonds. The average Bonchev–Trinajstić information content (AvgIpc) is 2.93. The standard InChI is InChI=1S/C14H15N5O5/c1-9-3-4-16-18(9)8-13(20)17-15-7-10-5-11(19(22)23)6-12(24-2)14(10)21/h3-7,21H,8H2,1-2H3,(H,17,20)/b15-7-. The number of hydrogen-bond acceptors (Lipinski definition) is 7. The first kappa shape index (κ1) is 16.9. The summed E-state index contributed by atoms with van der Waals surface area (Å²) < 4.78 is 6.36. The SMILES string of the molecule is COc1cc([N+](=O)[O-])cc(/C=N\NC(=O)Cn2nccc2C)c1O. The molecule has 2 N–H and O–H groups in total. The molecule has 0 unspecified atom stereocenters. The van der Waals surface area contributed by atoms with Crippen molar-refractivity contribution in [1.29, 1.82) is 0 Å². The van der Waals surface area contributed by atoms with Gasteiger partial charge in [-0.3, -0.25) is 19.6 Å². The summed E-state index contributed by atoms with van der Waals surface area (Å²) >= 11 is 0. The smallest absolute Gasteiger partial charge is 0.274 e. The van der Waals surface area contributed by atoms with Crippen LogP contribution < -0.4 is 10.2 Å². The summed E-state index contributed by atoms with van der Waals surface area (Å²) in [5.41, 5.74) is 2.84. The molecule has 2 rings (SSSR count). The molecule has 1 aromatic carbocycles. The molecule has 2 aromatic rings. The molecule has 0 atom stereocenters. The molecule has 0 radical (unpaired) electrons. The lowest BCUT2D eigenvalue weighted by molar-refractivity contribution is -0.385. The van der Waals surface area contributed by atoms with E-state index in [0.717, 1.165) is 24.0 Å². The van der Waals surface area contributed by atoms with Crippen molar-refractivity contribution in [2.24, 2.45) is 5.10 Å². The molecule has 0 bridgehead atoms. The highest BCUT2D eigenvalue weighted by atomic mass is 16.6. The van der Waals surface area contributed by atoms with Crippen LogP contribution in [0.15, 0.2) is 29.5 Å². The van der Waals surface area contributed by atoms with E-state index in [1.165, 1.54) is 11.8 Å². The maximum Gasteiger partial charge on any atom is 0.274 e. The van der Waals surface area contributed by atoms with Crippen LogP contribution in [0.25, 0.3) is 0 Å². The predicted octanol–water partition coefficient (Wildman–Crippen LogP) is 0.964. The first-order valence-corrected chi connectivity index (χ1v) is 6.78. The number of aromatic nitrogens is 2. The fraction of sp³-hybridized carbons (Fsp3) is 0.214. The van der Waals surface area contributed by atoms with Gasteiger partial charge < -0.3 is 9.84 Å². The maximum atomic E-state index is 11.8. The van der Waals surface area contributed by atoms with Gasteiger partial charge in [-0.25, -0.2) is 5.43 Å². The normalized spacial score (nSPS) is 10.8.